The topological polar surface area (TPSA) is 21.3 Å². The van der Waals surface area contributed by atoms with E-state index in [1.165, 1.54) is 31.7 Å². The summed E-state index contributed by atoms with van der Waals surface area (Å²) >= 11 is 0. The first-order valence-corrected chi connectivity index (χ1v) is 6.89. The fourth-order valence-corrected chi connectivity index (χ4v) is 2.70. The molecule has 0 radical (unpaired) electrons. The summed E-state index contributed by atoms with van der Waals surface area (Å²) in [5, 5.41) is 3.40. The molecule has 0 spiro atoms. The molecule has 0 aromatic heterocycles. The molecule has 1 N–H and O–H groups in total. The summed E-state index contributed by atoms with van der Waals surface area (Å²) in [6.07, 6.45) is 5.23. The van der Waals surface area contributed by atoms with Crippen LogP contribution in [0.1, 0.15) is 39.5 Å². The number of nitrogens with one attached hydrogen (secondary N) is 1. The number of rotatable bonds is 5. The number of halogens is 1. The highest BCUT2D eigenvalue weighted by Gasteiger charge is 2.21. The van der Waals surface area contributed by atoms with Gasteiger partial charge in [0.05, 0.1) is 6.61 Å². The van der Waals surface area contributed by atoms with Crippen molar-refractivity contribution in [2.75, 3.05) is 11.9 Å². The normalized spacial score (nSPS) is 17.7. The fourth-order valence-electron chi connectivity index (χ4n) is 2.70. The van der Waals surface area contributed by atoms with Crippen LogP contribution >= 0.6 is 0 Å². The molecule has 0 aliphatic heterocycles. The predicted molar refractivity (Wildman–Crippen MR) is 72.6 cm³/mol. The third-order valence-corrected chi connectivity index (χ3v) is 3.73. The zero-order valence-corrected chi connectivity index (χ0v) is 11.2. The summed E-state index contributed by atoms with van der Waals surface area (Å²) in [5.74, 6) is 0.761. The average Bonchev–Trinajstić information content (AvgIpc) is 2.86. The van der Waals surface area contributed by atoms with E-state index in [9.17, 15) is 4.39 Å². The Kier molecular flexibility index (Phi) is 4.45. The Morgan fingerprint density at radius 1 is 1.39 bits per heavy atom. The second-order valence-electron chi connectivity index (χ2n) is 5.06. The first-order chi connectivity index (χ1) is 8.70. The number of hydrogen-bond donors (Lipinski definition) is 1. The average molecular weight is 251 g/mol. The fraction of sp³-hybridized carbons (Fsp3) is 0.600. The van der Waals surface area contributed by atoms with Crippen molar-refractivity contribution in [3.05, 3.63) is 24.0 Å². The van der Waals surface area contributed by atoms with Crippen LogP contribution in [0.15, 0.2) is 18.2 Å². The van der Waals surface area contributed by atoms with Crippen molar-refractivity contribution in [3.8, 4) is 5.75 Å². The highest BCUT2D eigenvalue weighted by Crippen LogP contribution is 2.30. The van der Waals surface area contributed by atoms with Crippen LogP contribution in [0.25, 0.3) is 0 Å². The van der Waals surface area contributed by atoms with E-state index < -0.39 is 0 Å². The van der Waals surface area contributed by atoms with Gasteiger partial charge in [-0.15, -0.1) is 0 Å². The molecule has 0 saturated heterocycles. The molecule has 0 amide bonds. The Morgan fingerprint density at radius 2 is 2.11 bits per heavy atom. The van der Waals surface area contributed by atoms with Crippen molar-refractivity contribution in [3.63, 3.8) is 0 Å². The first-order valence-electron chi connectivity index (χ1n) is 6.89. The SMILES string of the molecule is CCOc1ccc(NC(C)C2CCCC2)cc1F. The minimum absolute atomic E-state index is 0.291. The van der Waals surface area contributed by atoms with Gasteiger partial charge in [-0.25, -0.2) is 4.39 Å². The van der Waals surface area contributed by atoms with Gasteiger partial charge in [-0.1, -0.05) is 12.8 Å². The van der Waals surface area contributed by atoms with Gasteiger partial charge >= 0.3 is 0 Å². The van der Waals surface area contributed by atoms with Gasteiger partial charge in [0, 0.05) is 17.8 Å². The Morgan fingerprint density at radius 3 is 2.72 bits per heavy atom. The van der Waals surface area contributed by atoms with E-state index in [2.05, 4.69) is 12.2 Å². The summed E-state index contributed by atoms with van der Waals surface area (Å²) in [6.45, 7) is 4.53. The van der Waals surface area contributed by atoms with Crippen LogP contribution in [0.5, 0.6) is 5.75 Å². The molecule has 1 atom stereocenters. The first kappa shape index (κ1) is 13.2. The molecule has 1 aliphatic carbocycles. The van der Waals surface area contributed by atoms with Crippen LogP contribution in [0, 0.1) is 11.7 Å². The molecule has 1 saturated carbocycles. The van der Waals surface area contributed by atoms with E-state index in [0.29, 0.717) is 18.4 Å². The summed E-state index contributed by atoms with van der Waals surface area (Å²) in [6, 6.07) is 5.52. The minimum atomic E-state index is -0.291. The molecule has 0 bridgehead atoms. The highest BCUT2D eigenvalue weighted by atomic mass is 19.1. The maximum absolute atomic E-state index is 13.7. The van der Waals surface area contributed by atoms with E-state index >= 15 is 0 Å². The van der Waals surface area contributed by atoms with Gasteiger partial charge in [-0.3, -0.25) is 0 Å². The lowest BCUT2D eigenvalue weighted by Crippen LogP contribution is -2.23. The summed E-state index contributed by atoms with van der Waals surface area (Å²) in [4.78, 5) is 0. The summed E-state index contributed by atoms with van der Waals surface area (Å²) < 4.78 is 18.9. The molecule has 1 unspecified atom stereocenters. The predicted octanol–water partition coefficient (Wildman–Crippen LogP) is 4.22. The van der Waals surface area contributed by atoms with Gasteiger partial charge in [-0.05, 0) is 44.7 Å². The molecule has 100 valence electrons. The second-order valence-corrected chi connectivity index (χ2v) is 5.06. The maximum Gasteiger partial charge on any atom is 0.167 e. The van der Waals surface area contributed by atoms with Gasteiger partial charge in [0.25, 0.3) is 0 Å². The number of hydrogen-bond acceptors (Lipinski definition) is 2. The van der Waals surface area contributed by atoms with E-state index in [1.54, 1.807) is 6.07 Å². The van der Waals surface area contributed by atoms with Crippen molar-refractivity contribution in [2.24, 2.45) is 5.92 Å². The number of anilines is 1. The molecule has 0 heterocycles. The molecule has 18 heavy (non-hydrogen) atoms. The van der Waals surface area contributed by atoms with Crippen molar-refractivity contribution in [2.45, 2.75) is 45.6 Å². The lowest BCUT2D eigenvalue weighted by Gasteiger charge is -2.21. The Bertz CT molecular complexity index is 388. The molecule has 3 heteroatoms. The van der Waals surface area contributed by atoms with Crippen LogP contribution < -0.4 is 10.1 Å². The molecular formula is C15H22FNO. The van der Waals surface area contributed by atoms with Crippen LogP contribution in [0.2, 0.25) is 0 Å². The van der Waals surface area contributed by atoms with Crippen molar-refractivity contribution in [1.82, 2.24) is 0 Å². The van der Waals surface area contributed by atoms with E-state index in [-0.39, 0.29) is 5.82 Å². The smallest absolute Gasteiger partial charge is 0.167 e. The molecule has 1 aliphatic rings. The van der Waals surface area contributed by atoms with E-state index in [0.717, 1.165) is 11.6 Å². The molecule has 1 fully saturated rings. The van der Waals surface area contributed by atoms with E-state index in [1.807, 2.05) is 13.0 Å². The van der Waals surface area contributed by atoms with Crippen LogP contribution in [0.4, 0.5) is 10.1 Å². The molecule has 2 rings (SSSR count). The molecule has 1 aromatic rings. The zero-order valence-electron chi connectivity index (χ0n) is 11.2. The lowest BCUT2D eigenvalue weighted by atomic mass is 9.99. The van der Waals surface area contributed by atoms with E-state index in [4.69, 9.17) is 4.74 Å². The Labute approximate surface area is 109 Å². The lowest BCUT2D eigenvalue weighted by molar-refractivity contribution is 0.321. The minimum Gasteiger partial charge on any atom is -0.491 e. The van der Waals surface area contributed by atoms with Gasteiger partial charge in [-0.2, -0.15) is 0 Å². The third kappa shape index (κ3) is 3.15. The Hall–Kier alpha value is -1.25. The van der Waals surface area contributed by atoms with Crippen LogP contribution in [-0.4, -0.2) is 12.6 Å². The van der Waals surface area contributed by atoms with Gasteiger partial charge in [0.1, 0.15) is 0 Å². The van der Waals surface area contributed by atoms with Gasteiger partial charge in [0.15, 0.2) is 11.6 Å². The van der Waals surface area contributed by atoms with Gasteiger partial charge < -0.3 is 10.1 Å². The Balaban J connectivity index is 1.98. The van der Waals surface area contributed by atoms with Crippen molar-refractivity contribution < 1.29 is 9.13 Å². The standard InChI is InChI=1S/C15H22FNO/c1-3-18-15-9-8-13(10-14(15)16)17-11(2)12-6-4-5-7-12/h8-12,17H,3-7H2,1-2H3. The summed E-state index contributed by atoms with van der Waals surface area (Å²) in [7, 11) is 0. The van der Waals surface area contributed by atoms with Crippen LogP contribution in [-0.2, 0) is 0 Å². The monoisotopic (exact) mass is 251 g/mol. The quantitative estimate of drug-likeness (QED) is 0.846. The molecule has 1 aromatic carbocycles. The largest absolute Gasteiger partial charge is 0.491 e. The zero-order chi connectivity index (χ0) is 13.0. The van der Waals surface area contributed by atoms with Gasteiger partial charge in [0.2, 0.25) is 0 Å². The number of ether oxygens (including phenoxy) is 1. The van der Waals surface area contributed by atoms with Crippen molar-refractivity contribution >= 4 is 5.69 Å². The molecular weight excluding hydrogens is 229 g/mol. The third-order valence-electron chi connectivity index (χ3n) is 3.73. The van der Waals surface area contributed by atoms with Crippen molar-refractivity contribution in [1.29, 1.82) is 0 Å². The maximum atomic E-state index is 13.7. The number of benzene rings is 1. The van der Waals surface area contributed by atoms with Crippen LogP contribution in [0.3, 0.4) is 0 Å². The summed E-state index contributed by atoms with van der Waals surface area (Å²) in [5.41, 5.74) is 0.843. The molecule has 2 nitrogen and oxygen atoms in total. The second kappa shape index (κ2) is 6.07. The highest BCUT2D eigenvalue weighted by molar-refractivity contribution is 5.48.